The SMILES string of the molecule is CC(C)C(C)(O)CN[C@H](C)c1ccc(Cl)cc1. The maximum atomic E-state index is 10.1. The van der Waals surface area contributed by atoms with Gasteiger partial charge in [0.1, 0.15) is 0 Å². The summed E-state index contributed by atoms with van der Waals surface area (Å²) in [6.07, 6.45) is 0. The Morgan fingerprint density at radius 1 is 1.24 bits per heavy atom. The van der Waals surface area contributed by atoms with Crippen LogP contribution in [-0.2, 0) is 0 Å². The van der Waals surface area contributed by atoms with Gasteiger partial charge in [-0.2, -0.15) is 0 Å². The Hall–Kier alpha value is -0.570. The lowest BCUT2D eigenvalue weighted by molar-refractivity contribution is 0.0122. The van der Waals surface area contributed by atoms with Gasteiger partial charge in [0.05, 0.1) is 5.60 Å². The van der Waals surface area contributed by atoms with Crippen LogP contribution in [0.5, 0.6) is 0 Å². The van der Waals surface area contributed by atoms with E-state index in [4.69, 9.17) is 11.6 Å². The molecule has 1 aromatic rings. The second-order valence-corrected chi connectivity index (χ2v) is 5.60. The lowest BCUT2D eigenvalue weighted by Gasteiger charge is -2.29. The maximum Gasteiger partial charge on any atom is 0.0766 e. The first kappa shape index (κ1) is 14.5. The molecule has 0 heterocycles. The van der Waals surface area contributed by atoms with Crippen molar-refractivity contribution in [2.45, 2.75) is 39.3 Å². The van der Waals surface area contributed by atoms with Gasteiger partial charge in [-0.1, -0.05) is 37.6 Å². The summed E-state index contributed by atoms with van der Waals surface area (Å²) in [4.78, 5) is 0. The molecule has 0 aliphatic carbocycles. The van der Waals surface area contributed by atoms with E-state index in [2.05, 4.69) is 12.2 Å². The minimum Gasteiger partial charge on any atom is -0.389 e. The van der Waals surface area contributed by atoms with Gasteiger partial charge in [0, 0.05) is 17.6 Å². The van der Waals surface area contributed by atoms with Gasteiger partial charge in [0.2, 0.25) is 0 Å². The summed E-state index contributed by atoms with van der Waals surface area (Å²) in [6.45, 7) is 8.57. The van der Waals surface area contributed by atoms with Crippen molar-refractivity contribution in [1.29, 1.82) is 0 Å². The van der Waals surface area contributed by atoms with Crippen molar-refractivity contribution in [3.63, 3.8) is 0 Å². The van der Waals surface area contributed by atoms with Gasteiger partial charge in [-0.15, -0.1) is 0 Å². The van der Waals surface area contributed by atoms with Crippen molar-refractivity contribution in [2.24, 2.45) is 5.92 Å². The van der Waals surface area contributed by atoms with Crippen LogP contribution < -0.4 is 5.32 Å². The average Bonchev–Trinajstić information content (AvgIpc) is 2.27. The largest absolute Gasteiger partial charge is 0.389 e. The van der Waals surface area contributed by atoms with Gasteiger partial charge < -0.3 is 10.4 Å². The number of halogens is 1. The van der Waals surface area contributed by atoms with Gasteiger partial charge >= 0.3 is 0 Å². The number of hydrogen-bond acceptors (Lipinski definition) is 2. The van der Waals surface area contributed by atoms with Gasteiger partial charge in [-0.3, -0.25) is 0 Å². The zero-order valence-corrected chi connectivity index (χ0v) is 11.8. The number of benzene rings is 1. The Morgan fingerprint density at radius 2 is 1.76 bits per heavy atom. The Morgan fingerprint density at radius 3 is 2.24 bits per heavy atom. The Bertz CT molecular complexity index is 346. The third-order valence-corrected chi connectivity index (χ3v) is 3.63. The predicted octanol–water partition coefficient (Wildman–Crippen LogP) is 3.40. The molecular weight excluding hydrogens is 234 g/mol. The Labute approximate surface area is 109 Å². The zero-order valence-electron chi connectivity index (χ0n) is 11.0. The van der Waals surface area contributed by atoms with Gasteiger partial charge in [0.15, 0.2) is 0 Å². The first-order valence-corrected chi connectivity index (χ1v) is 6.42. The lowest BCUT2D eigenvalue weighted by Crippen LogP contribution is -2.42. The van der Waals surface area contributed by atoms with Crippen LogP contribution in [0.4, 0.5) is 0 Å². The van der Waals surface area contributed by atoms with E-state index in [-0.39, 0.29) is 12.0 Å². The third-order valence-electron chi connectivity index (χ3n) is 3.38. The molecule has 1 aromatic carbocycles. The molecule has 0 aliphatic heterocycles. The minimum atomic E-state index is -0.680. The van der Waals surface area contributed by atoms with Crippen LogP contribution in [0.3, 0.4) is 0 Å². The Balaban J connectivity index is 2.55. The fourth-order valence-corrected chi connectivity index (χ4v) is 1.56. The number of nitrogens with one attached hydrogen (secondary N) is 1. The molecule has 96 valence electrons. The minimum absolute atomic E-state index is 0.206. The summed E-state index contributed by atoms with van der Waals surface area (Å²) in [6, 6.07) is 7.98. The Kier molecular flexibility index (Phi) is 4.99. The van der Waals surface area contributed by atoms with Crippen LogP contribution >= 0.6 is 11.6 Å². The van der Waals surface area contributed by atoms with E-state index < -0.39 is 5.60 Å². The van der Waals surface area contributed by atoms with E-state index in [1.54, 1.807) is 0 Å². The topological polar surface area (TPSA) is 32.3 Å². The molecule has 2 atom stereocenters. The van der Waals surface area contributed by atoms with E-state index in [0.29, 0.717) is 6.54 Å². The molecule has 0 spiro atoms. The molecule has 17 heavy (non-hydrogen) atoms. The van der Waals surface area contributed by atoms with E-state index in [1.165, 1.54) is 5.56 Å². The van der Waals surface area contributed by atoms with Crippen LogP contribution in [-0.4, -0.2) is 17.3 Å². The van der Waals surface area contributed by atoms with Crippen molar-refractivity contribution in [3.05, 3.63) is 34.9 Å². The molecular formula is C14H22ClNO. The van der Waals surface area contributed by atoms with Crippen LogP contribution in [0.25, 0.3) is 0 Å². The molecule has 1 unspecified atom stereocenters. The average molecular weight is 256 g/mol. The van der Waals surface area contributed by atoms with E-state index in [9.17, 15) is 5.11 Å². The number of aliphatic hydroxyl groups is 1. The molecule has 2 N–H and O–H groups in total. The van der Waals surface area contributed by atoms with E-state index in [1.807, 2.05) is 45.0 Å². The van der Waals surface area contributed by atoms with Crippen molar-refractivity contribution < 1.29 is 5.11 Å². The first-order chi connectivity index (χ1) is 7.83. The van der Waals surface area contributed by atoms with Crippen molar-refractivity contribution >= 4 is 11.6 Å². The van der Waals surface area contributed by atoms with Crippen LogP contribution in [0, 0.1) is 5.92 Å². The summed E-state index contributed by atoms with van der Waals surface area (Å²) in [7, 11) is 0. The molecule has 0 radical (unpaired) electrons. The summed E-state index contributed by atoms with van der Waals surface area (Å²) >= 11 is 5.85. The normalized spacial score (nSPS) is 16.9. The molecule has 0 amide bonds. The van der Waals surface area contributed by atoms with Crippen LogP contribution in [0.1, 0.15) is 39.3 Å². The molecule has 0 saturated carbocycles. The van der Waals surface area contributed by atoms with E-state index >= 15 is 0 Å². The van der Waals surface area contributed by atoms with Gasteiger partial charge in [-0.25, -0.2) is 0 Å². The van der Waals surface area contributed by atoms with Crippen molar-refractivity contribution in [2.75, 3.05) is 6.54 Å². The zero-order chi connectivity index (χ0) is 13.1. The van der Waals surface area contributed by atoms with Crippen molar-refractivity contribution in [3.8, 4) is 0 Å². The predicted molar refractivity (Wildman–Crippen MR) is 73.3 cm³/mol. The molecule has 0 saturated heterocycles. The molecule has 0 fully saturated rings. The molecule has 0 bridgehead atoms. The fourth-order valence-electron chi connectivity index (χ4n) is 1.43. The maximum absolute atomic E-state index is 10.1. The second-order valence-electron chi connectivity index (χ2n) is 5.17. The fraction of sp³-hybridized carbons (Fsp3) is 0.571. The standard InChI is InChI=1S/C14H22ClNO/c1-10(2)14(4,17)9-16-11(3)12-5-7-13(15)8-6-12/h5-8,10-11,16-17H,9H2,1-4H3/t11-,14?/m1/s1. The number of hydrogen-bond donors (Lipinski definition) is 2. The molecule has 2 nitrogen and oxygen atoms in total. The smallest absolute Gasteiger partial charge is 0.0766 e. The summed E-state index contributed by atoms with van der Waals surface area (Å²) in [5.74, 6) is 0.229. The van der Waals surface area contributed by atoms with E-state index in [0.717, 1.165) is 5.02 Å². The molecule has 3 heteroatoms. The summed E-state index contributed by atoms with van der Waals surface area (Å²) in [5.41, 5.74) is 0.495. The summed E-state index contributed by atoms with van der Waals surface area (Å²) < 4.78 is 0. The molecule has 0 aromatic heterocycles. The second kappa shape index (κ2) is 5.85. The highest BCUT2D eigenvalue weighted by Crippen LogP contribution is 2.19. The molecule has 0 aliphatic rings. The van der Waals surface area contributed by atoms with Gasteiger partial charge in [0.25, 0.3) is 0 Å². The third kappa shape index (κ3) is 4.30. The highest BCUT2D eigenvalue weighted by Gasteiger charge is 2.25. The lowest BCUT2D eigenvalue weighted by atomic mass is 9.92. The molecule has 1 rings (SSSR count). The van der Waals surface area contributed by atoms with Crippen LogP contribution in [0.15, 0.2) is 24.3 Å². The van der Waals surface area contributed by atoms with Gasteiger partial charge in [-0.05, 0) is 37.5 Å². The highest BCUT2D eigenvalue weighted by atomic mass is 35.5. The number of rotatable bonds is 5. The first-order valence-electron chi connectivity index (χ1n) is 6.04. The summed E-state index contributed by atoms with van der Waals surface area (Å²) in [5, 5.41) is 14.2. The van der Waals surface area contributed by atoms with Crippen LogP contribution in [0.2, 0.25) is 5.02 Å². The highest BCUT2D eigenvalue weighted by molar-refractivity contribution is 6.30. The van der Waals surface area contributed by atoms with Crippen molar-refractivity contribution in [1.82, 2.24) is 5.32 Å². The quantitative estimate of drug-likeness (QED) is 0.845. The monoisotopic (exact) mass is 255 g/mol.